The van der Waals surface area contributed by atoms with E-state index in [1.165, 1.54) is 36.0 Å². The first-order valence-corrected chi connectivity index (χ1v) is 10.5. The van der Waals surface area contributed by atoms with Crippen LogP contribution in [-0.2, 0) is 4.74 Å². The Morgan fingerprint density at radius 2 is 2.07 bits per heavy atom. The zero-order valence-electron chi connectivity index (χ0n) is 18.2. The summed E-state index contributed by atoms with van der Waals surface area (Å²) in [6.07, 6.45) is 15.1. The molecule has 3 heteroatoms. The van der Waals surface area contributed by atoms with Crippen molar-refractivity contribution >= 4 is 12.0 Å². The van der Waals surface area contributed by atoms with Crippen molar-refractivity contribution in [2.24, 2.45) is 5.41 Å². The summed E-state index contributed by atoms with van der Waals surface area (Å²) in [4.78, 5) is 16.3. The summed E-state index contributed by atoms with van der Waals surface area (Å²) < 4.78 is 5.25. The molecule has 28 heavy (non-hydrogen) atoms. The number of hydrogen-bond donors (Lipinski definition) is 0. The van der Waals surface area contributed by atoms with Crippen molar-refractivity contribution in [1.82, 2.24) is 4.98 Å². The van der Waals surface area contributed by atoms with E-state index in [1.54, 1.807) is 12.3 Å². The average Bonchev–Trinajstić information content (AvgIpc) is 2.64. The number of carbonyl (C=O) groups excluding carboxylic acids is 1. The summed E-state index contributed by atoms with van der Waals surface area (Å²) in [6.45, 7) is 11.6. The Labute approximate surface area is 170 Å². The number of unbranched alkanes of at least 4 members (excludes halogenated alkanes) is 2. The number of nitrogens with zero attached hydrogens (tertiary/aromatic N) is 1. The van der Waals surface area contributed by atoms with E-state index in [0.29, 0.717) is 12.3 Å². The van der Waals surface area contributed by atoms with Gasteiger partial charge in [0.15, 0.2) is 0 Å². The maximum Gasteiger partial charge on any atom is 0.356 e. The monoisotopic (exact) mass is 381 g/mol. The van der Waals surface area contributed by atoms with Crippen LogP contribution in [0.25, 0.3) is 6.08 Å². The number of pyridine rings is 1. The fourth-order valence-corrected chi connectivity index (χ4v) is 3.74. The lowest BCUT2D eigenvalue weighted by Crippen LogP contribution is -2.19. The van der Waals surface area contributed by atoms with E-state index in [9.17, 15) is 4.79 Å². The molecule has 152 valence electrons. The third kappa shape index (κ3) is 6.47. The van der Waals surface area contributed by atoms with E-state index >= 15 is 0 Å². The van der Waals surface area contributed by atoms with Gasteiger partial charge in [0.2, 0.25) is 0 Å². The highest BCUT2D eigenvalue weighted by Gasteiger charge is 2.26. The Balaban J connectivity index is 2.00. The molecule has 1 aromatic heterocycles. The lowest BCUT2D eigenvalue weighted by molar-refractivity contribution is 0.0491. The molecule has 0 fully saturated rings. The van der Waals surface area contributed by atoms with Gasteiger partial charge in [-0.3, -0.25) is 0 Å². The Morgan fingerprint density at radius 1 is 1.29 bits per heavy atom. The van der Waals surface area contributed by atoms with Gasteiger partial charge in [-0.15, -0.1) is 0 Å². The van der Waals surface area contributed by atoms with E-state index in [2.05, 4.69) is 57.8 Å². The minimum atomic E-state index is -0.342. The van der Waals surface area contributed by atoms with Gasteiger partial charge in [0.25, 0.3) is 0 Å². The van der Waals surface area contributed by atoms with Crippen molar-refractivity contribution < 1.29 is 9.53 Å². The van der Waals surface area contributed by atoms with Crippen molar-refractivity contribution in [1.29, 1.82) is 0 Å². The van der Waals surface area contributed by atoms with Crippen LogP contribution in [0.15, 0.2) is 47.2 Å². The quantitative estimate of drug-likeness (QED) is 0.279. The summed E-state index contributed by atoms with van der Waals surface area (Å²) >= 11 is 0. The fourth-order valence-electron chi connectivity index (χ4n) is 3.74. The van der Waals surface area contributed by atoms with Crippen LogP contribution in [0, 0.1) is 5.41 Å². The first kappa shape index (κ1) is 22.1. The molecule has 0 spiro atoms. The van der Waals surface area contributed by atoms with Gasteiger partial charge in [0.1, 0.15) is 5.69 Å². The van der Waals surface area contributed by atoms with Gasteiger partial charge >= 0.3 is 5.97 Å². The summed E-state index contributed by atoms with van der Waals surface area (Å²) in [5.41, 5.74) is 5.73. The number of hydrogen-bond acceptors (Lipinski definition) is 3. The number of rotatable bonds is 8. The molecule has 1 aromatic rings. The van der Waals surface area contributed by atoms with Gasteiger partial charge in [-0.1, -0.05) is 69.1 Å². The molecule has 0 atom stereocenters. The summed E-state index contributed by atoms with van der Waals surface area (Å²) in [6, 6.07) is 3.66. The molecule has 0 radical (unpaired) electrons. The Bertz CT molecular complexity index is 751. The molecule has 1 aliphatic rings. The Kier molecular flexibility index (Phi) is 8.22. The molecular weight excluding hydrogens is 346 g/mol. The summed E-state index contributed by atoms with van der Waals surface area (Å²) in [7, 11) is 0. The topological polar surface area (TPSA) is 39.2 Å². The van der Waals surface area contributed by atoms with Crippen molar-refractivity contribution in [3.63, 3.8) is 0 Å². The summed E-state index contributed by atoms with van der Waals surface area (Å²) in [5.74, 6) is -0.342. The van der Waals surface area contributed by atoms with Crippen LogP contribution >= 0.6 is 0 Å². The molecule has 2 rings (SSSR count). The van der Waals surface area contributed by atoms with Crippen LogP contribution in [-0.4, -0.2) is 17.6 Å². The predicted molar refractivity (Wildman–Crippen MR) is 117 cm³/mol. The molecule has 0 unspecified atom stereocenters. The van der Waals surface area contributed by atoms with E-state index in [4.69, 9.17) is 4.74 Å². The second kappa shape index (κ2) is 10.4. The molecule has 0 N–H and O–H groups in total. The molecular formula is C25H35NO2. The molecule has 0 amide bonds. The highest BCUT2D eigenvalue weighted by atomic mass is 16.5. The number of allylic oxidation sites excluding steroid dienone is 5. The number of ether oxygens (including phenoxy) is 1. The van der Waals surface area contributed by atoms with Crippen molar-refractivity contribution in [3.8, 4) is 0 Å². The van der Waals surface area contributed by atoms with Crippen LogP contribution in [0.5, 0.6) is 0 Å². The molecule has 0 aliphatic heterocycles. The highest BCUT2D eigenvalue weighted by molar-refractivity contribution is 5.87. The molecule has 3 nitrogen and oxygen atoms in total. The number of carbonyl (C=O) groups is 1. The standard InChI is InChI=1S/C25H35NO2/c1-6-7-8-16-28-24(27)23-14-12-21(18-26-23)17-19(2)11-13-22-20(3)10-9-15-25(22,4)5/h11-14,17-18H,6-10,15-16H2,1-5H3/b13-11?,19-17+. The predicted octanol–water partition coefficient (Wildman–Crippen LogP) is 6.91. The second-order valence-corrected chi connectivity index (χ2v) is 8.47. The first-order chi connectivity index (χ1) is 13.3. The molecule has 1 aliphatic carbocycles. The Morgan fingerprint density at radius 3 is 2.71 bits per heavy atom. The average molecular weight is 382 g/mol. The number of esters is 1. The molecule has 0 saturated heterocycles. The largest absolute Gasteiger partial charge is 0.461 e. The summed E-state index contributed by atoms with van der Waals surface area (Å²) in [5, 5.41) is 0. The van der Waals surface area contributed by atoms with E-state index < -0.39 is 0 Å². The third-order valence-corrected chi connectivity index (χ3v) is 5.43. The van der Waals surface area contributed by atoms with Gasteiger partial charge in [-0.05, 0) is 62.1 Å². The van der Waals surface area contributed by atoms with Crippen LogP contribution in [0.2, 0.25) is 0 Å². The second-order valence-electron chi connectivity index (χ2n) is 8.47. The molecule has 0 saturated carbocycles. The molecule has 1 heterocycles. The van der Waals surface area contributed by atoms with Crippen LogP contribution < -0.4 is 0 Å². The lowest BCUT2D eigenvalue weighted by atomic mass is 9.72. The lowest BCUT2D eigenvalue weighted by Gasteiger charge is -2.32. The van der Waals surface area contributed by atoms with E-state index in [1.807, 2.05) is 6.07 Å². The highest BCUT2D eigenvalue weighted by Crippen LogP contribution is 2.40. The first-order valence-electron chi connectivity index (χ1n) is 10.5. The number of aromatic nitrogens is 1. The van der Waals surface area contributed by atoms with E-state index in [-0.39, 0.29) is 11.4 Å². The van der Waals surface area contributed by atoms with Crippen LogP contribution in [0.3, 0.4) is 0 Å². The van der Waals surface area contributed by atoms with Gasteiger partial charge in [-0.25, -0.2) is 9.78 Å². The third-order valence-electron chi connectivity index (χ3n) is 5.43. The zero-order valence-corrected chi connectivity index (χ0v) is 18.2. The minimum absolute atomic E-state index is 0.250. The maximum absolute atomic E-state index is 12.0. The minimum Gasteiger partial charge on any atom is -0.461 e. The van der Waals surface area contributed by atoms with Crippen molar-refractivity contribution in [3.05, 3.63) is 58.5 Å². The van der Waals surface area contributed by atoms with Crippen molar-refractivity contribution in [2.45, 2.75) is 73.1 Å². The zero-order chi connectivity index (χ0) is 20.6. The maximum atomic E-state index is 12.0. The van der Waals surface area contributed by atoms with E-state index in [0.717, 1.165) is 24.8 Å². The van der Waals surface area contributed by atoms with Crippen molar-refractivity contribution in [2.75, 3.05) is 6.61 Å². The SMILES string of the molecule is CCCCCOC(=O)c1ccc(/C=C(\C)C=CC2=C(C)CCCC2(C)C)cn1. The van der Waals surface area contributed by atoms with Crippen LogP contribution in [0.1, 0.15) is 89.2 Å². The van der Waals surface area contributed by atoms with Gasteiger partial charge in [-0.2, -0.15) is 0 Å². The van der Waals surface area contributed by atoms with Crippen LogP contribution in [0.4, 0.5) is 0 Å². The van der Waals surface area contributed by atoms with Gasteiger partial charge < -0.3 is 4.74 Å². The van der Waals surface area contributed by atoms with Gasteiger partial charge in [0.05, 0.1) is 6.61 Å². The normalized spacial score (nSPS) is 17.2. The fraction of sp³-hybridized carbons (Fsp3) is 0.520. The molecule has 0 bridgehead atoms. The smallest absolute Gasteiger partial charge is 0.356 e. The molecule has 0 aromatic carbocycles. The van der Waals surface area contributed by atoms with Gasteiger partial charge in [0, 0.05) is 6.20 Å². The Hall–Kier alpha value is -2.16.